The third-order valence-electron chi connectivity index (χ3n) is 8.10. The minimum atomic E-state index is -0.755. The number of carbonyl (C=O) groups is 2. The summed E-state index contributed by atoms with van der Waals surface area (Å²) in [5.41, 5.74) is 1.69. The van der Waals surface area contributed by atoms with E-state index in [1.165, 1.54) is 71.1 Å². The summed E-state index contributed by atoms with van der Waals surface area (Å²) in [6.45, 7) is 4.38. The molecular weight excluding hydrogens is 809 g/mol. The molecule has 0 aliphatic carbocycles. The van der Waals surface area contributed by atoms with Gasteiger partial charge in [0.05, 0.1) is 86.2 Å². The number of esters is 2. The summed E-state index contributed by atoms with van der Waals surface area (Å²) in [5.74, 6) is -1.74. The van der Waals surface area contributed by atoms with Gasteiger partial charge in [0.2, 0.25) is 0 Å². The van der Waals surface area contributed by atoms with Crippen LogP contribution in [0.2, 0.25) is 15.1 Å². The molecule has 4 heterocycles. The summed E-state index contributed by atoms with van der Waals surface area (Å²) in [5, 5.41) is 6.50. The van der Waals surface area contributed by atoms with Gasteiger partial charge in [-0.25, -0.2) is 28.3 Å². The van der Waals surface area contributed by atoms with E-state index in [9.17, 15) is 18.4 Å². The highest BCUT2D eigenvalue weighted by Gasteiger charge is 2.24. The molecule has 0 bridgehead atoms. The van der Waals surface area contributed by atoms with Crippen LogP contribution in [-0.4, -0.2) is 50.3 Å². The number of halogens is 5. The number of pyridine rings is 2. The van der Waals surface area contributed by atoms with Crippen LogP contribution in [0.15, 0.2) is 88.6 Å². The summed E-state index contributed by atoms with van der Waals surface area (Å²) in [7, 11) is 5.07. The van der Waals surface area contributed by atoms with E-state index >= 15 is 0 Å². The second-order valence-electron chi connectivity index (χ2n) is 11.5. The Morgan fingerprint density at radius 3 is 1.61 bits per heavy atom. The lowest BCUT2D eigenvalue weighted by molar-refractivity contribution is 0.0585. The van der Waals surface area contributed by atoms with E-state index in [4.69, 9.17) is 62.6 Å². The van der Waals surface area contributed by atoms with E-state index in [0.29, 0.717) is 41.5 Å². The van der Waals surface area contributed by atoms with Crippen molar-refractivity contribution in [2.24, 2.45) is 0 Å². The van der Waals surface area contributed by atoms with E-state index in [-0.39, 0.29) is 60.5 Å². The molecule has 0 saturated carbocycles. The quantitative estimate of drug-likeness (QED) is 0.107. The smallest absolute Gasteiger partial charge is 0.358 e. The Kier molecular flexibility index (Phi) is 14.1. The Labute approximate surface area is 340 Å². The third kappa shape index (κ3) is 9.48. The topological polar surface area (TPSA) is 147 Å². The SMILES string of the molecule is C=Cc1c(NCc2ccco2)cc(-c2ccc(Cl)c(OC)c2F)nc1C(=O)OC.COC(=O)c1nc(-c2ccc(Cl)c(OC)c2F)cc(NCc2ccco2)c1Cl. The predicted octanol–water partition coefficient (Wildman–Crippen LogP) is 10.4. The lowest BCUT2D eigenvalue weighted by Crippen LogP contribution is -2.11. The molecule has 0 unspecified atom stereocenters. The lowest BCUT2D eigenvalue weighted by atomic mass is 10.0. The van der Waals surface area contributed by atoms with Crippen LogP contribution in [0, 0.1) is 11.6 Å². The number of methoxy groups -OCH3 is 4. The van der Waals surface area contributed by atoms with Crippen molar-refractivity contribution >= 4 is 64.2 Å². The minimum Gasteiger partial charge on any atom is -0.492 e. The molecule has 2 aromatic carbocycles. The molecule has 0 spiro atoms. The predicted molar refractivity (Wildman–Crippen MR) is 212 cm³/mol. The van der Waals surface area contributed by atoms with Crippen molar-refractivity contribution in [2.45, 2.75) is 13.1 Å². The molecule has 12 nitrogen and oxygen atoms in total. The molecule has 6 aromatic rings. The van der Waals surface area contributed by atoms with E-state index < -0.39 is 23.6 Å². The molecular formula is C40H33Cl3F2N4O8. The zero-order valence-corrected chi connectivity index (χ0v) is 32.9. The average molecular weight is 842 g/mol. The van der Waals surface area contributed by atoms with Gasteiger partial charge in [-0.2, -0.15) is 0 Å². The van der Waals surface area contributed by atoms with E-state index in [2.05, 4.69) is 27.2 Å². The summed E-state index contributed by atoms with van der Waals surface area (Å²) in [6, 6.07) is 16.1. The molecule has 0 atom stereocenters. The van der Waals surface area contributed by atoms with Gasteiger partial charge >= 0.3 is 11.9 Å². The molecule has 17 heteroatoms. The maximum atomic E-state index is 14.9. The second kappa shape index (κ2) is 19.2. The first-order valence-corrected chi connectivity index (χ1v) is 17.7. The van der Waals surface area contributed by atoms with E-state index in [1.807, 2.05) is 0 Å². The third-order valence-corrected chi connectivity index (χ3v) is 9.08. The standard InChI is InChI=1S/C21H18ClFN2O4.C19H15Cl2FN2O4/c1-4-13-16(24-11-12-6-5-9-29-12)10-17(25-19(13)21(26)28-3)14-7-8-15(22)20(27-2)18(14)23;1-26-18-12(20)6-5-11(16(18)22)13-8-14(23-9-10-4-3-7-28-10)15(21)17(24-13)19(25)27-2/h4-10H,1,11H2,2-3H3,(H,24,25);3-8H,9H2,1-2H3,(H,23,24). The van der Waals surface area contributed by atoms with Crippen molar-refractivity contribution in [3.63, 3.8) is 0 Å². The van der Waals surface area contributed by atoms with Gasteiger partial charge in [0.15, 0.2) is 34.5 Å². The fourth-order valence-electron chi connectivity index (χ4n) is 5.35. The highest BCUT2D eigenvalue weighted by atomic mass is 35.5. The first kappa shape index (κ1) is 42.1. The van der Waals surface area contributed by atoms with E-state index in [0.717, 1.165) is 0 Å². The maximum absolute atomic E-state index is 14.9. The number of aromatic nitrogens is 2. The van der Waals surface area contributed by atoms with Crippen LogP contribution in [-0.2, 0) is 22.6 Å². The van der Waals surface area contributed by atoms with Crippen LogP contribution in [0.4, 0.5) is 20.2 Å². The number of hydrogen-bond donors (Lipinski definition) is 2. The van der Waals surface area contributed by atoms with Gasteiger partial charge in [0, 0.05) is 22.4 Å². The van der Waals surface area contributed by atoms with Crippen molar-refractivity contribution in [1.29, 1.82) is 0 Å². The van der Waals surface area contributed by atoms with Crippen LogP contribution in [0.25, 0.3) is 28.6 Å². The Balaban J connectivity index is 0.000000218. The second-order valence-corrected chi connectivity index (χ2v) is 12.7. The van der Waals surface area contributed by atoms with Crippen molar-refractivity contribution < 1.29 is 46.2 Å². The van der Waals surface area contributed by atoms with Crippen molar-refractivity contribution in [3.8, 4) is 34.0 Å². The maximum Gasteiger partial charge on any atom is 0.358 e. The summed E-state index contributed by atoms with van der Waals surface area (Å²) < 4.78 is 60.0. The number of benzene rings is 2. The van der Waals surface area contributed by atoms with Crippen molar-refractivity contribution in [2.75, 3.05) is 39.1 Å². The molecule has 0 aliphatic rings. The van der Waals surface area contributed by atoms with Crippen molar-refractivity contribution in [1.82, 2.24) is 9.97 Å². The molecule has 0 saturated heterocycles. The number of rotatable bonds is 13. The number of nitrogens with zero attached hydrogens (tertiary/aromatic N) is 2. The minimum absolute atomic E-state index is 0.00439. The molecule has 0 fully saturated rings. The molecule has 0 radical (unpaired) electrons. The van der Waals surface area contributed by atoms with Crippen LogP contribution < -0.4 is 20.1 Å². The summed E-state index contributed by atoms with van der Waals surface area (Å²) in [4.78, 5) is 32.9. The first-order chi connectivity index (χ1) is 27.4. The molecule has 0 aliphatic heterocycles. The number of nitrogens with one attached hydrogen (secondary N) is 2. The molecule has 4 aromatic heterocycles. The molecule has 0 amide bonds. The lowest BCUT2D eigenvalue weighted by Gasteiger charge is -2.15. The van der Waals surface area contributed by atoms with Gasteiger partial charge < -0.3 is 38.4 Å². The highest BCUT2D eigenvalue weighted by Crippen LogP contribution is 2.38. The molecule has 2 N–H and O–H groups in total. The number of anilines is 2. The number of hydrogen-bond acceptors (Lipinski definition) is 12. The van der Waals surface area contributed by atoms with Gasteiger partial charge in [-0.15, -0.1) is 0 Å². The van der Waals surface area contributed by atoms with E-state index in [1.54, 1.807) is 36.6 Å². The monoisotopic (exact) mass is 840 g/mol. The number of ether oxygens (including phenoxy) is 4. The van der Waals surface area contributed by atoms with Gasteiger partial charge in [-0.1, -0.05) is 47.5 Å². The van der Waals surface area contributed by atoms with Crippen LogP contribution in [0.1, 0.15) is 38.1 Å². The molecule has 57 heavy (non-hydrogen) atoms. The average Bonchev–Trinajstić information content (AvgIpc) is 3.95. The Morgan fingerprint density at radius 1 is 0.719 bits per heavy atom. The summed E-state index contributed by atoms with van der Waals surface area (Å²) in [6.07, 6.45) is 4.57. The Hall–Kier alpha value is -6.09. The fraction of sp³-hybridized carbons (Fsp3) is 0.150. The fourth-order valence-corrected chi connectivity index (χ4v) is 6.04. The van der Waals surface area contributed by atoms with Crippen molar-refractivity contribution in [3.05, 3.63) is 135 Å². The Morgan fingerprint density at radius 2 is 1.18 bits per heavy atom. The normalized spacial score (nSPS) is 10.5. The van der Waals surface area contributed by atoms with Gasteiger partial charge in [-0.05, 0) is 60.7 Å². The Bertz CT molecular complexity index is 2390. The number of carbonyl (C=O) groups excluding carboxylic acids is 2. The highest BCUT2D eigenvalue weighted by molar-refractivity contribution is 6.36. The van der Waals surface area contributed by atoms with Crippen LogP contribution in [0.5, 0.6) is 11.5 Å². The van der Waals surface area contributed by atoms with Gasteiger partial charge in [-0.3, -0.25) is 0 Å². The van der Waals surface area contributed by atoms with Gasteiger partial charge in [0.25, 0.3) is 0 Å². The van der Waals surface area contributed by atoms with Gasteiger partial charge in [0.1, 0.15) is 11.5 Å². The number of furan rings is 2. The largest absolute Gasteiger partial charge is 0.492 e. The summed E-state index contributed by atoms with van der Waals surface area (Å²) >= 11 is 18.2. The molecule has 6 rings (SSSR count). The van der Waals surface area contributed by atoms with Crippen LogP contribution >= 0.6 is 34.8 Å². The molecule has 296 valence electrons. The zero-order valence-electron chi connectivity index (χ0n) is 30.7. The zero-order chi connectivity index (χ0) is 41.2. The first-order valence-electron chi connectivity index (χ1n) is 16.6. The van der Waals surface area contributed by atoms with Crippen LogP contribution in [0.3, 0.4) is 0 Å².